The standard InChI is InChI=1S/C27H25ClN2O2/c1-18(2)20-11-15-23(16-12-20)30-26(31)24(21-9-13-22(28)14-10-21)25(27(30)32)29(3)17-19-7-5-4-6-8-19/h4-16,18H,17H2,1-3H3. The van der Waals surface area contributed by atoms with E-state index in [9.17, 15) is 9.59 Å². The Morgan fingerprint density at radius 1 is 0.844 bits per heavy atom. The zero-order chi connectivity index (χ0) is 22.8. The number of halogens is 1. The number of benzene rings is 3. The summed E-state index contributed by atoms with van der Waals surface area (Å²) in [7, 11) is 1.84. The van der Waals surface area contributed by atoms with Crippen molar-refractivity contribution < 1.29 is 9.59 Å². The third-order valence-electron chi connectivity index (χ3n) is 5.65. The molecule has 3 aromatic carbocycles. The molecule has 0 saturated heterocycles. The van der Waals surface area contributed by atoms with Gasteiger partial charge in [0.15, 0.2) is 0 Å². The van der Waals surface area contributed by atoms with Crippen molar-refractivity contribution in [3.05, 3.63) is 106 Å². The van der Waals surface area contributed by atoms with Gasteiger partial charge in [-0.15, -0.1) is 0 Å². The molecule has 0 bridgehead atoms. The van der Waals surface area contributed by atoms with E-state index in [4.69, 9.17) is 11.6 Å². The Balaban J connectivity index is 1.76. The van der Waals surface area contributed by atoms with Crippen molar-refractivity contribution in [2.24, 2.45) is 0 Å². The van der Waals surface area contributed by atoms with Crippen molar-refractivity contribution >= 4 is 34.7 Å². The van der Waals surface area contributed by atoms with Crippen LogP contribution in [0.5, 0.6) is 0 Å². The third-order valence-corrected chi connectivity index (χ3v) is 5.91. The Bertz CT molecular complexity index is 1170. The normalized spacial score (nSPS) is 14.0. The number of nitrogens with zero attached hydrogens (tertiary/aromatic N) is 2. The van der Waals surface area contributed by atoms with Crippen molar-refractivity contribution in [1.29, 1.82) is 0 Å². The molecule has 4 nitrogen and oxygen atoms in total. The number of hydrogen-bond donors (Lipinski definition) is 0. The van der Waals surface area contributed by atoms with Gasteiger partial charge in [-0.1, -0.05) is 80.0 Å². The minimum atomic E-state index is -0.329. The summed E-state index contributed by atoms with van der Waals surface area (Å²) < 4.78 is 0. The molecule has 3 aromatic rings. The zero-order valence-electron chi connectivity index (χ0n) is 18.4. The number of amides is 2. The highest BCUT2D eigenvalue weighted by molar-refractivity contribution is 6.45. The summed E-state index contributed by atoms with van der Waals surface area (Å²) in [4.78, 5) is 30.3. The molecule has 1 aliphatic rings. The van der Waals surface area contributed by atoms with Crippen LogP contribution in [0.3, 0.4) is 0 Å². The number of rotatable bonds is 6. The number of imide groups is 1. The molecule has 0 spiro atoms. The van der Waals surface area contributed by atoms with Gasteiger partial charge in [-0.2, -0.15) is 0 Å². The fraction of sp³-hybridized carbons (Fsp3) is 0.185. The van der Waals surface area contributed by atoms with Crippen LogP contribution in [0.1, 0.15) is 36.5 Å². The van der Waals surface area contributed by atoms with Gasteiger partial charge in [0.1, 0.15) is 5.70 Å². The summed E-state index contributed by atoms with van der Waals surface area (Å²) >= 11 is 6.07. The minimum absolute atomic E-state index is 0.323. The lowest BCUT2D eigenvalue weighted by Crippen LogP contribution is -2.34. The largest absolute Gasteiger partial charge is 0.365 e. The summed E-state index contributed by atoms with van der Waals surface area (Å²) in [5, 5.41) is 0.575. The molecule has 4 rings (SSSR count). The van der Waals surface area contributed by atoms with Gasteiger partial charge in [-0.3, -0.25) is 9.59 Å². The summed E-state index contributed by atoms with van der Waals surface area (Å²) in [6.07, 6.45) is 0. The molecule has 0 saturated carbocycles. The van der Waals surface area contributed by atoms with Crippen molar-refractivity contribution in [2.75, 3.05) is 11.9 Å². The minimum Gasteiger partial charge on any atom is -0.365 e. The highest BCUT2D eigenvalue weighted by atomic mass is 35.5. The second-order valence-electron chi connectivity index (χ2n) is 8.26. The SMILES string of the molecule is CC(C)c1ccc(N2C(=O)C(c3ccc(Cl)cc3)=C(N(C)Cc3ccccc3)C2=O)cc1. The molecular weight excluding hydrogens is 420 g/mol. The van der Waals surface area contributed by atoms with E-state index in [-0.39, 0.29) is 11.8 Å². The van der Waals surface area contributed by atoms with E-state index in [1.54, 1.807) is 24.3 Å². The first-order valence-corrected chi connectivity index (χ1v) is 11.0. The molecule has 162 valence electrons. The van der Waals surface area contributed by atoms with Gasteiger partial charge in [0.2, 0.25) is 0 Å². The van der Waals surface area contributed by atoms with E-state index < -0.39 is 0 Å². The van der Waals surface area contributed by atoms with Crippen LogP contribution < -0.4 is 4.90 Å². The topological polar surface area (TPSA) is 40.6 Å². The molecule has 2 amide bonds. The number of anilines is 1. The molecule has 0 radical (unpaired) electrons. The second-order valence-corrected chi connectivity index (χ2v) is 8.70. The van der Waals surface area contributed by atoms with Gasteiger partial charge in [-0.05, 0) is 46.9 Å². The van der Waals surface area contributed by atoms with Crippen molar-refractivity contribution in [3.8, 4) is 0 Å². The fourth-order valence-corrected chi connectivity index (χ4v) is 4.05. The van der Waals surface area contributed by atoms with Crippen molar-refractivity contribution in [3.63, 3.8) is 0 Å². The van der Waals surface area contributed by atoms with Crippen LogP contribution in [0.25, 0.3) is 5.57 Å². The lowest BCUT2D eigenvalue weighted by molar-refractivity contribution is -0.120. The smallest absolute Gasteiger partial charge is 0.282 e. The van der Waals surface area contributed by atoms with Gasteiger partial charge >= 0.3 is 0 Å². The van der Waals surface area contributed by atoms with Crippen molar-refractivity contribution in [1.82, 2.24) is 4.90 Å². The van der Waals surface area contributed by atoms with E-state index >= 15 is 0 Å². The van der Waals surface area contributed by atoms with Crippen LogP contribution in [0.4, 0.5) is 5.69 Å². The van der Waals surface area contributed by atoms with Gasteiger partial charge in [0.25, 0.3) is 11.8 Å². The molecule has 0 unspecified atom stereocenters. The Labute approximate surface area is 193 Å². The highest BCUT2D eigenvalue weighted by Crippen LogP contribution is 2.35. The highest BCUT2D eigenvalue weighted by Gasteiger charge is 2.41. The van der Waals surface area contributed by atoms with E-state index in [1.165, 1.54) is 4.90 Å². The Morgan fingerprint density at radius 2 is 1.47 bits per heavy atom. The Hall–Kier alpha value is -3.37. The van der Waals surface area contributed by atoms with Crippen LogP contribution in [0, 0.1) is 0 Å². The average Bonchev–Trinajstić information content (AvgIpc) is 3.05. The molecule has 0 fully saturated rings. The first-order chi connectivity index (χ1) is 15.4. The maximum Gasteiger partial charge on any atom is 0.282 e. The average molecular weight is 445 g/mol. The molecule has 1 aliphatic heterocycles. The fourth-order valence-electron chi connectivity index (χ4n) is 3.93. The van der Waals surface area contributed by atoms with Gasteiger partial charge in [0.05, 0.1) is 11.3 Å². The van der Waals surface area contributed by atoms with E-state index in [1.807, 2.05) is 66.5 Å². The maximum absolute atomic E-state index is 13.6. The van der Waals surface area contributed by atoms with Gasteiger partial charge in [0, 0.05) is 18.6 Å². The van der Waals surface area contributed by atoms with Crippen molar-refractivity contribution in [2.45, 2.75) is 26.3 Å². The van der Waals surface area contributed by atoms with E-state index in [0.29, 0.717) is 40.0 Å². The zero-order valence-corrected chi connectivity index (χ0v) is 19.1. The monoisotopic (exact) mass is 444 g/mol. The molecule has 1 heterocycles. The van der Waals surface area contributed by atoms with Crippen LogP contribution in [-0.2, 0) is 16.1 Å². The molecule has 0 aliphatic carbocycles. The van der Waals surface area contributed by atoms with E-state index in [2.05, 4.69) is 13.8 Å². The molecule has 0 N–H and O–H groups in total. The molecule has 0 atom stereocenters. The third kappa shape index (κ3) is 4.19. The summed E-state index contributed by atoms with van der Waals surface area (Å²) in [5.74, 6) is -0.287. The summed E-state index contributed by atoms with van der Waals surface area (Å²) in [6.45, 7) is 4.72. The predicted molar refractivity (Wildman–Crippen MR) is 129 cm³/mol. The lowest BCUT2D eigenvalue weighted by Gasteiger charge is -2.22. The summed E-state index contributed by atoms with van der Waals surface area (Å²) in [5.41, 5.74) is 4.22. The quantitative estimate of drug-likeness (QED) is 0.446. The van der Waals surface area contributed by atoms with Crippen LogP contribution in [0.2, 0.25) is 5.02 Å². The van der Waals surface area contributed by atoms with E-state index in [0.717, 1.165) is 11.1 Å². The first kappa shape index (κ1) is 21.8. The molecule has 0 aromatic heterocycles. The lowest BCUT2D eigenvalue weighted by atomic mass is 10.0. The molecular formula is C27H25ClN2O2. The molecule has 5 heteroatoms. The Kier molecular flexibility index (Phi) is 6.15. The van der Waals surface area contributed by atoms with Crippen LogP contribution in [-0.4, -0.2) is 23.8 Å². The first-order valence-electron chi connectivity index (χ1n) is 10.6. The number of carbonyl (C=O) groups is 2. The maximum atomic E-state index is 13.6. The van der Waals surface area contributed by atoms with Crippen LogP contribution >= 0.6 is 11.6 Å². The van der Waals surface area contributed by atoms with Gasteiger partial charge in [-0.25, -0.2) is 4.90 Å². The van der Waals surface area contributed by atoms with Crippen LogP contribution in [0.15, 0.2) is 84.6 Å². The Morgan fingerprint density at radius 3 is 2.06 bits per heavy atom. The number of hydrogen-bond acceptors (Lipinski definition) is 3. The summed E-state index contributed by atoms with van der Waals surface area (Å²) in [6, 6.07) is 24.5. The predicted octanol–water partition coefficient (Wildman–Crippen LogP) is 5.88. The number of likely N-dealkylation sites (N-methyl/N-ethyl adjacent to an activating group) is 1. The number of carbonyl (C=O) groups excluding carboxylic acids is 2. The molecule has 32 heavy (non-hydrogen) atoms. The van der Waals surface area contributed by atoms with Gasteiger partial charge < -0.3 is 4.90 Å². The second kappa shape index (κ2) is 9.01.